The van der Waals surface area contributed by atoms with Crippen LogP contribution in [0.5, 0.6) is 5.75 Å². The summed E-state index contributed by atoms with van der Waals surface area (Å²) < 4.78 is 42.6. The van der Waals surface area contributed by atoms with Crippen molar-refractivity contribution in [3.8, 4) is 5.75 Å². The van der Waals surface area contributed by atoms with Crippen molar-refractivity contribution in [2.45, 2.75) is 23.1 Å². The lowest BCUT2D eigenvalue weighted by Gasteiger charge is -2.35. The zero-order chi connectivity index (χ0) is 22.7. The number of amides is 1. The molecule has 0 saturated carbocycles. The van der Waals surface area contributed by atoms with Gasteiger partial charge in [0.25, 0.3) is 5.91 Å². The lowest BCUT2D eigenvalue weighted by molar-refractivity contribution is 0.0624. The minimum absolute atomic E-state index is 0.00737. The van der Waals surface area contributed by atoms with Crippen LogP contribution in [0.1, 0.15) is 22.3 Å². The van der Waals surface area contributed by atoms with E-state index in [0.717, 1.165) is 10.5 Å². The lowest BCUT2D eigenvalue weighted by Crippen LogP contribution is -2.48. The maximum atomic E-state index is 13.7. The minimum Gasteiger partial charge on any atom is -0.496 e. The average Bonchev–Trinajstić information content (AvgIpc) is 3.12. The Morgan fingerprint density at radius 3 is 2.59 bits per heavy atom. The van der Waals surface area contributed by atoms with E-state index in [4.69, 9.17) is 4.74 Å². The highest BCUT2D eigenvalue weighted by molar-refractivity contribution is 8.02. The molecule has 0 N–H and O–H groups in total. The Kier molecular flexibility index (Phi) is 7.07. The number of hydrogen-bond acceptors (Lipinski definition) is 6. The second-order valence-corrected chi connectivity index (χ2v) is 11.7. The van der Waals surface area contributed by atoms with Gasteiger partial charge in [0.05, 0.1) is 24.2 Å². The van der Waals surface area contributed by atoms with Gasteiger partial charge in [0.2, 0.25) is 0 Å². The Balaban J connectivity index is 1.38. The molecule has 0 unspecified atom stereocenters. The van der Waals surface area contributed by atoms with Crippen molar-refractivity contribution < 1.29 is 22.3 Å². The summed E-state index contributed by atoms with van der Waals surface area (Å²) in [7, 11) is -1.39. The number of rotatable bonds is 6. The van der Waals surface area contributed by atoms with Gasteiger partial charge in [-0.1, -0.05) is 12.1 Å². The SMILES string of the molecule is COc1ccc(F)cc1CN1CCN(C(=O)c2ccccc2S[C@H]2CCS(=O)(=O)C2)CC1. The molecule has 0 bridgehead atoms. The third kappa shape index (κ3) is 5.44. The summed E-state index contributed by atoms with van der Waals surface area (Å²) in [4.78, 5) is 18.1. The molecule has 2 aromatic rings. The minimum atomic E-state index is -2.96. The number of carbonyl (C=O) groups is 1. The van der Waals surface area contributed by atoms with Gasteiger partial charge in [-0.25, -0.2) is 12.8 Å². The van der Waals surface area contributed by atoms with Crippen LogP contribution in [0.4, 0.5) is 4.39 Å². The number of thioether (sulfide) groups is 1. The van der Waals surface area contributed by atoms with Crippen molar-refractivity contribution in [3.63, 3.8) is 0 Å². The van der Waals surface area contributed by atoms with Crippen LogP contribution in [0.25, 0.3) is 0 Å². The van der Waals surface area contributed by atoms with Gasteiger partial charge in [-0.2, -0.15) is 0 Å². The molecule has 0 radical (unpaired) electrons. The van der Waals surface area contributed by atoms with E-state index in [1.807, 2.05) is 29.2 Å². The third-order valence-electron chi connectivity index (χ3n) is 5.90. The molecular formula is C23H27FN2O4S2. The van der Waals surface area contributed by atoms with Crippen molar-refractivity contribution in [2.24, 2.45) is 0 Å². The van der Waals surface area contributed by atoms with Crippen LogP contribution in [-0.4, -0.2) is 74.2 Å². The summed E-state index contributed by atoms with van der Waals surface area (Å²) in [6.45, 7) is 3.08. The van der Waals surface area contributed by atoms with Gasteiger partial charge in [-0.05, 0) is 36.8 Å². The zero-order valence-electron chi connectivity index (χ0n) is 18.0. The van der Waals surface area contributed by atoms with Gasteiger partial charge >= 0.3 is 0 Å². The van der Waals surface area contributed by atoms with Crippen LogP contribution >= 0.6 is 11.8 Å². The highest BCUT2D eigenvalue weighted by Crippen LogP contribution is 2.33. The van der Waals surface area contributed by atoms with Gasteiger partial charge in [0.15, 0.2) is 9.84 Å². The molecule has 0 aromatic heterocycles. The quantitative estimate of drug-likeness (QED) is 0.636. The van der Waals surface area contributed by atoms with E-state index in [1.165, 1.54) is 23.9 Å². The number of ether oxygens (including phenoxy) is 1. The summed E-state index contributed by atoms with van der Waals surface area (Å²) in [5.74, 6) is 0.724. The van der Waals surface area contributed by atoms with Crippen LogP contribution in [0, 0.1) is 5.82 Å². The molecule has 172 valence electrons. The van der Waals surface area contributed by atoms with E-state index in [-0.39, 0.29) is 28.5 Å². The average molecular weight is 479 g/mol. The van der Waals surface area contributed by atoms with Crippen molar-refractivity contribution in [1.82, 2.24) is 9.80 Å². The first-order valence-corrected chi connectivity index (χ1v) is 13.3. The Morgan fingerprint density at radius 2 is 1.91 bits per heavy atom. The Morgan fingerprint density at radius 1 is 1.16 bits per heavy atom. The molecule has 2 fully saturated rings. The highest BCUT2D eigenvalue weighted by atomic mass is 32.2. The molecular weight excluding hydrogens is 451 g/mol. The smallest absolute Gasteiger partial charge is 0.255 e. The first kappa shape index (κ1) is 23.1. The maximum absolute atomic E-state index is 13.7. The van der Waals surface area contributed by atoms with E-state index in [0.29, 0.717) is 50.5 Å². The number of benzene rings is 2. The maximum Gasteiger partial charge on any atom is 0.255 e. The van der Waals surface area contributed by atoms with Crippen LogP contribution in [0.2, 0.25) is 0 Å². The molecule has 9 heteroatoms. The number of methoxy groups -OCH3 is 1. The zero-order valence-corrected chi connectivity index (χ0v) is 19.6. The van der Waals surface area contributed by atoms with Crippen LogP contribution in [0.3, 0.4) is 0 Å². The second-order valence-electron chi connectivity index (χ2n) is 8.16. The first-order valence-electron chi connectivity index (χ1n) is 10.6. The van der Waals surface area contributed by atoms with Crippen molar-refractivity contribution >= 4 is 27.5 Å². The van der Waals surface area contributed by atoms with E-state index < -0.39 is 9.84 Å². The first-order chi connectivity index (χ1) is 15.3. The number of carbonyl (C=O) groups excluding carboxylic acids is 1. The molecule has 0 spiro atoms. The third-order valence-corrected chi connectivity index (χ3v) is 9.22. The summed E-state index contributed by atoms with van der Waals surface area (Å²) in [6, 6.07) is 12.0. The summed E-state index contributed by atoms with van der Waals surface area (Å²) >= 11 is 1.49. The van der Waals surface area contributed by atoms with Gasteiger partial charge in [-0.15, -0.1) is 11.8 Å². The molecule has 4 rings (SSSR count). The largest absolute Gasteiger partial charge is 0.496 e. The molecule has 6 nitrogen and oxygen atoms in total. The van der Waals surface area contributed by atoms with Gasteiger partial charge in [0.1, 0.15) is 11.6 Å². The molecule has 32 heavy (non-hydrogen) atoms. The number of sulfone groups is 1. The summed E-state index contributed by atoms with van der Waals surface area (Å²) in [5, 5.41) is -0.00737. The molecule has 2 saturated heterocycles. The van der Waals surface area contributed by atoms with Crippen molar-refractivity contribution in [1.29, 1.82) is 0 Å². The number of piperazine rings is 1. The fraction of sp³-hybridized carbons (Fsp3) is 0.435. The Hall–Kier alpha value is -2.10. The topological polar surface area (TPSA) is 66.9 Å². The number of nitrogens with zero attached hydrogens (tertiary/aromatic N) is 2. The molecule has 2 heterocycles. The Bertz CT molecular complexity index is 1090. The fourth-order valence-electron chi connectivity index (χ4n) is 4.17. The number of halogens is 1. The van der Waals surface area contributed by atoms with Gasteiger partial charge < -0.3 is 9.64 Å². The van der Waals surface area contributed by atoms with Crippen molar-refractivity contribution in [3.05, 3.63) is 59.4 Å². The van der Waals surface area contributed by atoms with E-state index in [9.17, 15) is 17.6 Å². The summed E-state index contributed by atoms with van der Waals surface area (Å²) in [6.07, 6.45) is 0.623. The molecule has 2 aliphatic heterocycles. The lowest BCUT2D eigenvalue weighted by atomic mass is 10.1. The highest BCUT2D eigenvalue weighted by Gasteiger charge is 2.30. The molecule has 1 atom stereocenters. The number of hydrogen-bond donors (Lipinski definition) is 0. The van der Waals surface area contributed by atoms with E-state index in [2.05, 4.69) is 4.90 Å². The second kappa shape index (κ2) is 9.80. The monoisotopic (exact) mass is 478 g/mol. The van der Waals surface area contributed by atoms with Crippen LogP contribution in [-0.2, 0) is 16.4 Å². The van der Waals surface area contributed by atoms with Gasteiger partial charge in [0, 0.05) is 48.4 Å². The fourth-order valence-corrected chi connectivity index (χ4v) is 7.79. The molecule has 2 aliphatic rings. The molecule has 2 aromatic carbocycles. The predicted octanol–water partition coefficient (Wildman–Crippen LogP) is 3.07. The standard InChI is InChI=1S/C23H27FN2O4S2/c1-30-21-7-6-18(24)14-17(21)15-25-9-11-26(12-10-25)23(27)20-4-2-3-5-22(20)31-19-8-13-32(28,29)16-19/h2-7,14,19H,8-13,15-16H2,1H3/t19-/m0/s1. The Labute approximate surface area is 192 Å². The van der Waals surface area contributed by atoms with Crippen LogP contribution in [0.15, 0.2) is 47.4 Å². The van der Waals surface area contributed by atoms with E-state index in [1.54, 1.807) is 13.2 Å². The predicted molar refractivity (Wildman–Crippen MR) is 123 cm³/mol. The normalized spacial score (nSPS) is 20.9. The summed E-state index contributed by atoms with van der Waals surface area (Å²) in [5.41, 5.74) is 1.42. The van der Waals surface area contributed by atoms with Crippen LogP contribution < -0.4 is 4.74 Å². The molecule has 0 aliphatic carbocycles. The van der Waals surface area contributed by atoms with Gasteiger partial charge in [-0.3, -0.25) is 9.69 Å². The molecule has 1 amide bonds. The van der Waals surface area contributed by atoms with E-state index >= 15 is 0 Å². The van der Waals surface area contributed by atoms with Crippen molar-refractivity contribution in [2.75, 3.05) is 44.8 Å².